The van der Waals surface area contributed by atoms with Crippen molar-refractivity contribution in [2.75, 3.05) is 5.73 Å². The van der Waals surface area contributed by atoms with Crippen molar-refractivity contribution < 1.29 is 22.7 Å². The predicted molar refractivity (Wildman–Crippen MR) is 100 cm³/mol. The third-order valence-corrected chi connectivity index (χ3v) is 5.85. The van der Waals surface area contributed by atoms with Crippen molar-refractivity contribution in [1.29, 1.82) is 0 Å². The smallest absolute Gasteiger partial charge is 0.210 e. The van der Waals surface area contributed by atoms with Crippen LogP contribution in [0.25, 0.3) is 0 Å². The second-order valence-electron chi connectivity index (χ2n) is 6.17. The molecular weight excluding hydrogens is 369 g/mol. The van der Waals surface area contributed by atoms with Gasteiger partial charge in [-0.3, -0.25) is 0 Å². The summed E-state index contributed by atoms with van der Waals surface area (Å²) in [6.07, 6.45) is 0. The van der Waals surface area contributed by atoms with Crippen LogP contribution in [0.3, 0.4) is 0 Å². The number of benzene rings is 3. The number of hydrogen-bond donors (Lipinski definition) is 2. The molecule has 0 aliphatic rings. The minimum Gasteiger partial charge on any atom is -0.507 e. The van der Waals surface area contributed by atoms with E-state index >= 15 is 0 Å². The van der Waals surface area contributed by atoms with Crippen LogP contribution in [0.5, 0.6) is 17.2 Å². The second-order valence-corrected chi connectivity index (χ2v) is 8.09. The van der Waals surface area contributed by atoms with Crippen LogP contribution in [-0.4, -0.2) is 13.5 Å². The summed E-state index contributed by atoms with van der Waals surface area (Å²) in [6.45, 7) is 3.66. The average molecular weight is 387 g/mol. The second kappa shape index (κ2) is 6.92. The number of hydrogen-bond acceptors (Lipinski definition) is 5. The molecule has 0 atom stereocenters. The predicted octanol–water partition coefficient (Wildman–Crippen LogP) is 4.36. The van der Waals surface area contributed by atoms with Gasteiger partial charge >= 0.3 is 0 Å². The normalized spacial score (nSPS) is 11.4. The Hall–Kier alpha value is -3.06. The first kappa shape index (κ1) is 18.7. The van der Waals surface area contributed by atoms with Gasteiger partial charge in [0.05, 0.1) is 4.90 Å². The molecule has 27 heavy (non-hydrogen) atoms. The fourth-order valence-corrected chi connectivity index (χ4v) is 4.14. The van der Waals surface area contributed by atoms with Crippen LogP contribution >= 0.6 is 0 Å². The van der Waals surface area contributed by atoms with E-state index in [1.54, 1.807) is 12.1 Å². The van der Waals surface area contributed by atoms with E-state index in [2.05, 4.69) is 0 Å². The largest absolute Gasteiger partial charge is 0.507 e. The SMILES string of the molecule is Cc1cc(N)cc(C)c1Oc1ccc(O)c(S(=O)(=O)c2ccc(F)cc2)c1. The third-order valence-electron chi connectivity index (χ3n) is 4.05. The molecule has 0 saturated carbocycles. The molecule has 0 spiro atoms. The van der Waals surface area contributed by atoms with Crippen molar-refractivity contribution in [2.45, 2.75) is 23.6 Å². The van der Waals surface area contributed by atoms with Crippen LogP contribution in [0.4, 0.5) is 10.1 Å². The molecule has 0 unspecified atom stereocenters. The van der Waals surface area contributed by atoms with Crippen LogP contribution in [0.2, 0.25) is 0 Å². The minimum atomic E-state index is -4.04. The highest BCUT2D eigenvalue weighted by Crippen LogP contribution is 2.36. The van der Waals surface area contributed by atoms with Gasteiger partial charge in [-0.05, 0) is 73.5 Å². The first-order valence-corrected chi connectivity index (χ1v) is 9.55. The number of anilines is 1. The third kappa shape index (κ3) is 3.73. The quantitative estimate of drug-likeness (QED) is 0.513. The molecule has 0 aliphatic heterocycles. The summed E-state index contributed by atoms with van der Waals surface area (Å²) in [5, 5.41) is 10.1. The molecular formula is C20H18FNO4S. The van der Waals surface area contributed by atoms with Crippen LogP contribution in [-0.2, 0) is 9.84 Å². The van der Waals surface area contributed by atoms with E-state index in [-0.39, 0.29) is 15.5 Å². The van der Waals surface area contributed by atoms with Crippen molar-refractivity contribution in [3.8, 4) is 17.2 Å². The van der Waals surface area contributed by atoms with Gasteiger partial charge in [0.2, 0.25) is 9.84 Å². The van der Waals surface area contributed by atoms with Crippen molar-refractivity contribution in [3.63, 3.8) is 0 Å². The summed E-state index contributed by atoms with van der Waals surface area (Å²) >= 11 is 0. The van der Waals surface area contributed by atoms with Gasteiger partial charge in [0.15, 0.2) is 0 Å². The summed E-state index contributed by atoms with van der Waals surface area (Å²) in [6, 6.07) is 11.8. The number of rotatable bonds is 4. The molecule has 0 fully saturated rings. The molecule has 0 aliphatic carbocycles. The number of ether oxygens (including phenoxy) is 1. The minimum absolute atomic E-state index is 0.129. The lowest BCUT2D eigenvalue weighted by Crippen LogP contribution is -2.03. The average Bonchev–Trinajstić information content (AvgIpc) is 2.59. The molecule has 0 heterocycles. The monoisotopic (exact) mass is 387 g/mol. The van der Waals surface area contributed by atoms with Crippen molar-refractivity contribution >= 4 is 15.5 Å². The topological polar surface area (TPSA) is 89.6 Å². The first-order chi connectivity index (χ1) is 12.7. The number of aryl methyl sites for hydroxylation is 2. The highest BCUT2D eigenvalue weighted by atomic mass is 32.2. The van der Waals surface area contributed by atoms with Gasteiger partial charge in [0.25, 0.3) is 0 Å². The van der Waals surface area contributed by atoms with Gasteiger partial charge < -0.3 is 15.6 Å². The number of phenolic OH excluding ortho intramolecular Hbond substituents is 1. The van der Waals surface area contributed by atoms with Crippen LogP contribution < -0.4 is 10.5 Å². The number of nitrogens with two attached hydrogens (primary N) is 1. The molecule has 3 aromatic rings. The Balaban J connectivity index is 2.04. The van der Waals surface area contributed by atoms with E-state index < -0.39 is 21.4 Å². The summed E-state index contributed by atoms with van der Waals surface area (Å²) in [5.41, 5.74) is 7.99. The Morgan fingerprint density at radius 3 is 2.15 bits per heavy atom. The van der Waals surface area contributed by atoms with E-state index in [1.165, 1.54) is 18.2 Å². The molecule has 0 radical (unpaired) electrons. The molecule has 140 valence electrons. The zero-order chi connectivity index (χ0) is 19.8. The van der Waals surface area contributed by atoms with E-state index in [4.69, 9.17) is 10.5 Å². The number of nitrogen functional groups attached to an aromatic ring is 1. The Labute approximate surface area is 156 Å². The number of halogens is 1. The lowest BCUT2D eigenvalue weighted by atomic mass is 10.1. The van der Waals surface area contributed by atoms with Gasteiger partial charge in [-0.2, -0.15) is 0 Å². The van der Waals surface area contributed by atoms with Gasteiger partial charge in [-0.1, -0.05) is 0 Å². The first-order valence-electron chi connectivity index (χ1n) is 8.07. The van der Waals surface area contributed by atoms with E-state index in [1.807, 2.05) is 13.8 Å². The molecule has 0 saturated heterocycles. The Morgan fingerprint density at radius 2 is 1.56 bits per heavy atom. The maximum absolute atomic E-state index is 13.1. The van der Waals surface area contributed by atoms with E-state index in [0.717, 1.165) is 35.4 Å². The number of phenols is 1. The number of sulfone groups is 1. The summed E-state index contributed by atoms with van der Waals surface area (Å²) < 4.78 is 44.5. The fourth-order valence-electron chi connectivity index (χ4n) is 2.78. The van der Waals surface area contributed by atoms with Crippen molar-refractivity contribution in [2.24, 2.45) is 0 Å². The Bertz CT molecular complexity index is 1090. The van der Waals surface area contributed by atoms with Gasteiger partial charge in [-0.25, -0.2) is 12.8 Å². The van der Waals surface area contributed by atoms with Crippen LogP contribution in [0, 0.1) is 19.7 Å². The summed E-state index contributed by atoms with van der Waals surface area (Å²) in [7, 11) is -4.04. The standard InChI is InChI=1S/C20H18FNO4S/c1-12-9-15(22)10-13(2)20(12)26-16-5-8-18(23)19(11-16)27(24,25)17-6-3-14(21)4-7-17/h3-11,23H,22H2,1-2H3. The number of aromatic hydroxyl groups is 1. The lowest BCUT2D eigenvalue weighted by molar-refractivity contribution is 0.447. The van der Waals surface area contributed by atoms with E-state index in [9.17, 15) is 17.9 Å². The maximum atomic E-state index is 13.1. The molecule has 5 nitrogen and oxygen atoms in total. The van der Waals surface area contributed by atoms with Gasteiger partial charge in [-0.15, -0.1) is 0 Å². The molecule has 0 bridgehead atoms. The molecule has 3 N–H and O–H groups in total. The van der Waals surface area contributed by atoms with Crippen molar-refractivity contribution in [3.05, 3.63) is 71.5 Å². The van der Waals surface area contributed by atoms with E-state index in [0.29, 0.717) is 11.4 Å². The van der Waals surface area contributed by atoms with Crippen molar-refractivity contribution in [1.82, 2.24) is 0 Å². The van der Waals surface area contributed by atoms with Gasteiger partial charge in [0.1, 0.15) is 28.0 Å². The summed E-state index contributed by atoms with van der Waals surface area (Å²) in [5.74, 6) is -0.175. The highest BCUT2D eigenvalue weighted by molar-refractivity contribution is 7.91. The maximum Gasteiger partial charge on any atom is 0.210 e. The fraction of sp³-hybridized carbons (Fsp3) is 0.100. The Morgan fingerprint density at radius 1 is 0.963 bits per heavy atom. The highest BCUT2D eigenvalue weighted by Gasteiger charge is 2.23. The lowest BCUT2D eigenvalue weighted by Gasteiger charge is -2.14. The Kier molecular flexibility index (Phi) is 4.80. The molecule has 0 amide bonds. The summed E-state index contributed by atoms with van der Waals surface area (Å²) in [4.78, 5) is -0.450. The molecule has 3 aromatic carbocycles. The zero-order valence-corrected chi connectivity index (χ0v) is 15.5. The van der Waals surface area contributed by atoms with Crippen LogP contribution in [0.15, 0.2) is 64.4 Å². The zero-order valence-electron chi connectivity index (χ0n) is 14.7. The molecule has 3 rings (SSSR count). The molecule has 7 heteroatoms. The van der Waals surface area contributed by atoms with Gasteiger partial charge in [0, 0.05) is 11.8 Å². The molecule has 0 aromatic heterocycles. The van der Waals surface area contributed by atoms with Crippen LogP contribution in [0.1, 0.15) is 11.1 Å².